The van der Waals surface area contributed by atoms with Gasteiger partial charge in [0.2, 0.25) is 0 Å². The maximum absolute atomic E-state index is 4.35. The fraction of sp³-hybridized carbons (Fsp3) is 0.312. The third-order valence-electron chi connectivity index (χ3n) is 3.59. The number of aryl methyl sites for hydroxylation is 1. The lowest BCUT2D eigenvalue weighted by Gasteiger charge is -2.11. The standard InChI is InChI=1S/C16H19N3S/c1-12(17-8-7-16-18-9-10-19(16)2)15-11-13-5-3-4-6-14(13)20-15/h3-6,9-12,17H,7-8H2,1-2H3. The van der Waals surface area contributed by atoms with E-state index in [0.717, 1.165) is 18.8 Å². The first-order valence-electron chi connectivity index (χ1n) is 6.92. The topological polar surface area (TPSA) is 29.9 Å². The first-order chi connectivity index (χ1) is 9.74. The number of benzene rings is 1. The van der Waals surface area contributed by atoms with Crippen molar-refractivity contribution in [2.24, 2.45) is 7.05 Å². The van der Waals surface area contributed by atoms with Crippen molar-refractivity contribution in [1.82, 2.24) is 14.9 Å². The van der Waals surface area contributed by atoms with Gasteiger partial charge in [-0.25, -0.2) is 4.98 Å². The summed E-state index contributed by atoms with van der Waals surface area (Å²) in [5, 5.41) is 4.92. The minimum Gasteiger partial charge on any atom is -0.338 e. The van der Waals surface area contributed by atoms with E-state index in [1.807, 2.05) is 30.8 Å². The molecule has 3 aromatic rings. The van der Waals surface area contributed by atoms with E-state index in [4.69, 9.17) is 0 Å². The highest BCUT2D eigenvalue weighted by Gasteiger charge is 2.09. The molecule has 0 saturated carbocycles. The zero-order chi connectivity index (χ0) is 13.9. The lowest BCUT2D eigenvalue weighted by Crippen LogP contribution is -2.21. The molecule has 1 N–H and O–H groups in total. The highest BCUT2D eigenvalue weighted by molar-refractivity contribution is 7.19. The lowest BCUT2D eigenvalue weighted by molar-refractivity contribution is 0.572. The van der Waals surface area contributed by atoms with E-state index in [0.29, 0.717) is 6.04 Å². The predicted octanol–water partition coefficient (Wildman–Crippen LogP) is 3.53. The van der Waals surface area contributed by atoms with Crippen LogP contribution in [0.25, 0.3) is 10.1 Å². The van der Waals surface area contributed by atoms with E-state index in [9.17, 15) is 0 Å². The average molecular weight is 285 g/mol. The van der Waals surface area contributed by atoms with E-state index >= 15 is 0 Å². The molecule has 4 heteroatoms. The molecular formula is C16H19N3S. The molecule has 0 aliphatic heterocycles. The molecule has 0 aliphatic carbocycles. The van der Waals surface area contributed by atoms with Crippen LogP contribution < -0.4 is 5.32 Å². The number of nitrogens with zero attached hydrogens (tertiary/aromatic N) is 2. The molecule has 0 bridgehead atoms. The van der Waals surface area contributed by atoms with Gasteiger partial charge >= 0.3 is 0 Å². The van der Waals surface area contributed by atoms with Gasteiger partial charge in [-0.05, 0) is 24.4 Å². The Kier molecular flexibility index (Phi) is 3.85. The number of rotatable bonds is 5. The van der Waals surface area contributed by atoms with Crippen LogP contribution in [0.4, 0.5) is 0 Å². The molecule has 1 atom stereocenters. The zero-order valence-electron chi connectivity index (χ0n) is 11.8. The first-order valence-corrected chi connectivity index (χ1v) is 7.74. The number of aromatic nitrogens is 2. The molecule has 1 aromatic carbocycles. The Morgan fingerprint density at radius 3 is 2.95 bits per heavy atom. The van der Waals surface area contributed by atoms with Gasteiger partial charge in [-0.2, -0.15) is 0 Å². The van der Waals surface area contributed by atoms with E-state index in [-0.39, 0.29) is 0 Å². The normalized spacial score (nSPS) is 12.9. The zero-order valence-corrected chi connectivity index (χ0v) is 12.7. The Morgan fingerprint density at radius 2 is 2.20 bits per heavy atom. The molecule has 0 fully saturated rings. The van der Waals surface area contributed by atoms with Gasteiger partial charge in [-0.3, -0.25) is 0 Å². The molecule has 1 unspecified atom stereocenters. The Hall–Kier alpha value is -1.65. The fourth-order valence-electron chi connectivity index (χ4n) is 2.35. The van der Waals surface area contributed by atoms with Crippen molar-refractivity contribution >= 4 is 21.4 Å². The maximum atomic E-state index is 4.35. The van der Waals surface area contributed by atoms with Gasteiger partial charge < -0.3 is 9.88 Å². The van der Waals surface area contributed by atoms with Crippen molar-refractivity contribution in [3.05, 3.63) is 53.4 Å². The van der Waals surface area contributed by atoms with Crippen LogP contribution in [0.2, 0.25) is 0 Å². The smallest absolute Gasteiger partial charge is 0.109 e. The molecule has 2 heterocycles. The number of hydrogen-bond acceptors (Lipinski definition) is 3. The van der Waals surface area contributed by atoms with Crippen molar-refractivity contribution in [2.45, 2.75) is 19.4 Å². The minimum absolute atomic E-state index is 0.382. The second-order valence-corrected chi connectivity index (χ2v) is 6.18. The van der Waals surface area contributed by atoms with E-state index in [1.54, 1.807) is 0 Å². The van der Waals surface area contributed by atoms with Crippen LogP contribution in [-0.4, -0.2) is 16.1 Å². The van der Waals surface area contributed by atoms with Crippen LogP contribution >= 0.6 is 11.3 Å². The summed E-state index contributed by atoms with van der Waals surface area (Å²) in [6.07, 6.45) is 4.80. The molecule has 0 amide bonds. The van der Waals surface area contributed by atoms with Crippen LogP contribution in [0, 0.1) is 0 Å². The summed E-state index contributed by atoms with van der Waals surface area (Å²) >= 11 is 1.87. The molecule has 0 saturated heterocycles. The largest absolute Gasteiger partial charge is 0.338 e. The van der Waals surface area contributed by atoms with Gasteiger partial charge in [-0.1, -0.05) is 18.2 Å². The molecule has 0 spiro atoms. The van der Waals surface area contributed by atoms with Crippen LogP contribution in [0.15, 0.2) is 42.7 Å². The highest BCUT2D eigenvalue weighted by Crippen LogP contribution is 2.29. The Morgan fingerprint density at radius 1 is 1.35 bits per heavy atom. The highest BCUT2D eigenvalue weighted by atomic mass is 32.1. The van der Waals surface area contributed by atoms with Crippen LogP contribution in [-0.2, 0) is 13.5 Å². The summed E-state index contributed by atoms with van der Waals surface area (Å²) in [4.78, 5) is 5.74. The van der Waals surface area contributed by atoms with Gasteiger partial charge in [0.25, 0.3) is 0 Å². The van der Waals surface area contributed by atoms with Crippen molar-refractivity contribution in [3.8, 4) is 0 Å². The lowest BCUT2D eigenvalue weighted by atomic mass is 10.2. The Balaban J connectivity index is 1.61. The van der Waals surface area contributed by atoms with E-state index in [1.165, 1.54) is 15.0 Å². The van der Waals surface area contributed by atoms with Gasteiger partial charge in [0.15, 0.2) is 0 Å². The van der Waals surface area contributed by atoms with Gasteiger partial charge in [0.1, 0.15) is 5.82 Å². The number of fused-ring (bicyclic) bond motifs is 1. The van der Waals surface area contributed by atoms with Crippen molar-refractivity contribution in [2.75, 3.05) is 6.54 Å². The third kappa shape index (κ3) is 2.76. The van der Waals surface area contributed by atoms with Crippen molar-refractivity contribution < 1.29 is 0 Å². The van der Waals surface area contributed by atoms with Gasteiger partial charge in [-0.15, -0.1) is 11.3 Å². The maximum Gasteiger partial charge on any atom is 0.109 e. The van der Waals surface area contributed by atoms with Gasteiger partial charge in [0, 0.05) is 48.0 Å². The van der Waals surface area contributed by atoms with Crippen LogP contribution in [0.5, 0.6) is 0 Å². The predicted molar refractivity (Wildman–Crippen MR) is 85.2 cm³/mol. The number of imidazole rings is 1. The van der Waals surface area contributed by atoms with Crippen molar-refractivity contribution in [1.29, 1.82) is 0 Å². The number of nitrogens with one attached hydrogen (secondary N) is 1. The molecule has 20 heavy (non-hydrogen) atoms. The molecule has 0 radical (unpaired) electrons. The average Bonchev–Trinajstić information content (AvgIpc) is 3.05. The summed E-state index contributed by atoms with van der Waals surface area (Å²) in [6, 6.07) is 11.2. The first kappa shape index (κ1) is 13.3. The molecular weight excluding hydrogens is 266 g/mol. The number of hydrogen-bond donors (Lipinski definition) is 1. The summed E-state index contributed by atoms with van der Waals surface area (Å²) in [6.45, 7) is 3.17. The molecule has 2 aromatic heterocycles. The van der Waals surface area contributed by atoms with E-state index in [2.05, 4.69) is 52.1 Å². The van der Waals surface area contributed by atoms with Crippen molar-refractivity contribution in [3.63, 3.8) is 0 Å². The molecule has 0 aliphatic rings. The van der Waals surface area contributed by atoms with Crippen LogP contribution in [0.1, 0.15) is 23.7 Å². The quantitative estimate of drug-likeness (QED) is 0.777. The summed E-state index contributed by atoms with van der Waals surface area (Å²) in [7, 11) is 2.04. The SMILES string of the molecule is CC(NCCc1nccn1C)c1cc2ccccc2s1. The molecule has 104 valence electrons. The monoisotopic (exact) mass is 285 g/mol. The second kappa shape index (κ2) is 5.77. The minimum atomic E-state index is 0.382. The molecule has 3 nitrogen and oxygen atoms in total. The molecule has 3 rings (SSSR count). The summed E-state index contributed by atoms with van der Waals surface area (Å²) < 4.78 is 3.44. The number of thiophene rings is 1. The Labute approximate surface area is 123 Å². The third-order valence-corrected chi connectivity index (χ3v) is 4.89. The van der Waals surface area contributed by atoms with Gasteiger partial charge in [0.05, 0.1) is 0 Å². The summed E-state index contributed by atoms with van der Waals surface area (Å²) in [5.41, 5.74) is 0. The fourth-order valence-corrected chi connectivity index (χ4v) is 3.45. The van der Waals surface area contributed by atoms with E-state index < -0.39 is 0 Å². The Bertz CT molecular complexity index is 665. The summed E-state index contributed by atoms with van der Waals surface area (Å²) in [5.74, 6) is 1.13. The van der Waals surface area contributed by atoms with Crippen LogP contribution in [0.3, 0.4) is 0 Å². The second-order valence-electron chi connectivity index (χ2n) is 5.07.